The van der Waals surface area contributed by atoms with Gasteiger partial charge in [-0.15, -0.1) is 45.3 Å². The number of fused-ring (bicyclic) bond motifs is 13. The number of aromatic nitrogens is 1. The molecule has 11 rings (SSSR count). The molecule has 2 aliphatic carbocycles. The van der Waals surface area contributed by atoms with Crippen LogP contribution in [0.4, 0.5) is 0 Å². The first-order chi connectivity index (χ1) is 22.4. The molecule has 2 aliphatic rings. The van der Waals surface area contributed by atoms with E-state index in [0.717, 1.165) is 17.9 Å². The third kappa shape index (κ3) is 3.30. The number of allylic oxidation sites excluding steroid dienone is 2. The summed E-state index contributed by atoms with van der Waals surface area (Å²) in [5.74, 6) is 2.36. The van der Waals surface area contributed by atoms with Crippen molar-refractivity contribution in [2.75, 3.05) is 0 Å². The summed E-state index contributed by atoms with van der Waals surface area (Å²) in [4.78, 5) is 2.83. The van der Waals surface area contributed by atoms with E-state index in [1.807, 2.05) is 45.3 Å². The zero-order valence-corrected chi connectivity index (χ0v) is 29.0. The number of hydrogen-bond acceptors (Lipinski definition) is 5. The Morgan fingerprint density at radius 3 is 2.22 bits per heavy atom. The van der Waals surface area contributed by atoms with Crippen molar-refractivity contribution in [2.24, 2.45) is 0 Å². The lowest BCUT2D eigenvalue weighted by Crippen LogP contribution is -1.99. The number of thiophene rings is 4. The second kappa shape index (κ2) is 8.90. The van der Waals surface area contributed by atoms with Crippen LogP contribution < -0.4 is 0 Å². The molecule has 222 valence electrons. The van der Waals surface area contributed by atoms with Gasteiger partial charge in [0, 0.05) is 53.7 Å². The molecule has 46 heavy (non-hydrogen) atoms. The van der Waals surface area contributed by atoms with Crippen molar-refractivity contribution in [3.63, 3.8) is 0 Å². The Bertz CT molecular complexity index is 2800. The highest BCUT2D eigenvalue weighted by Crippen LogP contribution is 2.60. The second-order valence-electron chi connectivity index (χ2n) is 13.1. The summed E-state index contributed by atoms with van der Waals surface area (Å²) >= 11 is 7.89. The lowest BCUT2D eigenvalue weighted by molar-refractivity contribution is 0.519. The first-order valence-electron chi connectivity index (χ1n) is 15.7. The molecule has 1 unspecified atom stereocenters. The quantitative estimate of drug-likeness (QED) is 0.180. The van der Waals surface area contributed by atoms with Crippen molar-refractivity contribution >= 4 is 106 Å². The van der Waals surface area contributed by atoms with Gasteiger partial charge in [-0.05, 0) is 86.2 Å². The molecule has 0 fully saturated rings. The summed E-state index contributed by atoms with van der Waals surface area (Å²) in [5.41, 5.74) is 13.6. The minimum atomic E-state index is 0.238. The monoisotopic (exact) mass is 665 g/mol. The van der Waals surface area contributed by atoms with Crippen LogP contribution in [0.25, 0.3) is 66.8 Å². The largest absolute Gasteiger partial charge is 0.461 e. The van der Waals surface area contributed by atoms with Crippen LogP contribution in [-0.2, 0) is 6.42 Å². The first-order valence-corrected chi connectivity index (χ1v) is 19.0. The summed E-state index contributed by atoms with van der Waals surface area (Å²) in [6, 6.07) is 27.8. The summed E-state index contributed by atoms with van der Waals surface area (Å²) < 4.78 is 17.4. The minimum Gasteiger partial charge on any atom is -0.461 e. The highest BCUT2D eigenvalue weighted by molar-refractivity contribution is 7.38. The van der Waals surface area contributed by atoms with E-state index >= 15 is 0 Å². The smallest absolute Gasteiger partial charge is 0.135 e. The fourth-order valence-corrected chi connectivity index (χ4v) is 13.3. The van der Waals surface area contributed by atoms with Crippen LogP contribution in [0.3, 0.4) is 0 Å². The number of hydrogen-bond donors (Lipinski definition) is 0. The zero-order valence-electron chi connectivity index (χ0n) is 25.7. The number of nitrogens with zero attached hydrogens (tertiary/aromatic N) is 1. The van der Waals surface area contributed by atoms with E-state index in [1.54, 1.807) is 0 Å². The number of rotatable bonds is 2. The molecule has 2 nitrogen and oxygen atoms in total. The maximum atomic E-state index is 6.40. The van der Waals surface area contributed by atoms with Gasteiger partial charge >= 0.3 is 0 Å². The molecular formula is C40H27NOS4. The van der Waals surface area contributed by atoms with E-state index in [2.05, 4.69) is 105 Å². The first kappa shape index (κ1) is 26.2. The van der Waals surface area contributed by atoms with Gasteiger partial charge in [-0.2, -0.15) is 0 Å². The predicted octanol–water partition coefficient (Wildman–Crippen LogP) is 12.9. The van der Waals surface area contributed by atoms with E-state index in [0.29, 0.717) is 0 Å². The van der Waals surface area contributed by atoms with Crippen LogP contribution in [0.15, 0.2) is 77.2 Å². The van der Waals surface area contributed by atoms with Gasteiger partial charge in [-0.25, -0.2) is 0 Å². The van der Waals surface area contributed by atoms with Gasteiger partial charge in [0.15, 0.2) is 0 Å². The van der Waals surface area contributed by atoms with E-state index in [-0.39, 0.29) is 5.92 Å². The number of furan rings is 1. The zero-order chi connectivity index (χ0) is 30.6. The summed E-state index contributed by atoms with van der Waals surface area (Å²) in [6.45, 7) is 8.65. The summed E-state index contributed by atoms with van der Waals surface area (Å²) in [5, 5.41) is 2.83. The molecule has 0 spiro atoms. The molecule has 0 radical (unpaired) electrons. The van der Waals surface area contributed by atoms with E-state index in [9.17, 15) is 0 Å². The third-order valence-electron chi connectivity index (χ3n) is 10.1. The van der Waals surface area contributed by atoms with Crippen LogP contribution in [0.5, 0.6) is 0 Å². The molecule has 0 bridgehead atoms. The molecule has 0 saturated heterocycles. The molecule has 0 amide bonds. The Labute approximate surface area is 281 Å². The van der Waals surface area contributed by atoms with Crippen LogP contribution in [0.1, 0.15) is 55.0 Å². The van der Waals surface area contributed by atoms with Gasteiger partial charge < -0.3 is 8.98 Å². The molecule has 0 N–H and O–H groups in total. The summed E-state index contributed by atoms with van der Waals surface area (Å²) in [7, 11) is 0. The van der Waals surface area contributed by atoms with Gasteiger partial charge in [0.25, 0.3) is 0 Å². The second-order valence-corrected chi connectivity index (χ2v) is 17.5. The number of aryl methyl sites for hydroxylation is 4. The van der Waals surface area contributed by atoms with Crippen molar-refractivity contribution in [1.29, 1.82) is 0 Å². The predicted molar refractivity (Wildman–Crippen MR) is 201 cm³/mol. The van der Waals surface area contributed by atoms with Crippen molar-refractivity contribution < 1.29 is 4.42 Å². The van der Waals surface area contributed by atoms with Crippen LogP contribution in [0.2, 0.25) is 0 Å². The average Bonchev–Trinajstić information content (AvgIpc) is 3.89. The topological polar surface area (TPSA) is 18.1 Å². The lowest BCUT2D eigenvalue weighted by Gasteiger charge is -2.15. The van der Waals surface area contributed by atoms with Gasteiger partial charge in [0.2, 0.25) is 0 Å². The fraction of sp³-hybridized carbons (Fsp3) is 0.150. The van der Waals surface area contributed by atoms with E-state index < -0.39 is 0 Å². The Balaban J connectivity index is 1.13. The van der Waals surface area contributed by atoms with Crippen molar-refractivity contribution in [3.8, 4) is 5.69 Å². The highest BCUT2D eigenvalue weighted by atomic mass is 32.1. The van der Waals surface area contributed by atoms with Gasteiger partial charge in [-0.3, -0.25) is 0 Å². The molecule has 6 heteroatoms. The van der Waals surface area contributed by atoms with Crippen molar-refractivity contribution in [1.82, 2.24) is 4.57 Å². The molecule has 6 aromatic heterocycles. The van der Waals surface area contributed by atoms with Gasteiger partial charge in [0.1, 0.15) is 11.5 Å². The van der Waals surface area contributed by atoms with Crippen molar-refractivity contribution in [3.05, 3.63) is 122 Å². The number of benzene rings is 3. The molecular weight excluding hydrogens is 639 g/mol. The van der Waals surface area contributed by atoms with E-state index in [1.165, 1.54) is 104 Å². The highest BCUT2D eigenvalue weighted by Gasteiger charge is 2.42. The van der Waals surface area contributed by atoms with Crippen LogP contribution in [-0.4, -0.2) is 4.57 Å². The normalized spacial score (nSPS) is 15.9. The Morgan fingerprint density at radius 1 is 0.696 bits per heavy atom. The fourth-order valence-electron chi connectivity index (χ4n) is 8.05. The molecule has 1 atom stereocenters. The maximum absolute atomic E-state index is 6.40. The SMILES string of the molecule is Cc1ccc(C2C3=C(Cc4c3sc3cc5c(cc43)sc3c5sc4c5sc(C)cc5n(-c5ccc(C)cc5)c34)c3oc(C)cc32)cc1. The third-order valence-corrected chi connectivity index (χ3v) is 15.0. The van der Waals surface area contributed by atoms with Gasteiger partial charge in [0.05, 0.1) is 29.8 Å². The molecule has 9 aromatic rings. The van der Waals surface area contributed by atoms with Crippen LogP contribution in [0, 0.1) is 27.7 Å². The molecule has 0 saturated carbocycles. The Morgan fingerprint density at radius 2 is 1.41 bits per heavy atom. The minimum absolute atomic E-state index is 0.238. The summed E-state index contributed by atoms with van der Waals surface area (Å²) in [6.07, 6.45) is 0.953. The lowest BCUT2D eigenvalue weighted by atomic mass is 9.88. The van der Waals surface area contributed by atoms with Crippen LogP contribution >= 0.6 is 45.3 Å². The molecule has 6 heterocycles. The Kier molecular flexibility index (Phi) is 5.06. The van der Waals surface area contributed by atoms with E-state index in [4.69, 9.17) is 4.42 Å². The standard InChI is InChI=1S/C40H27NOS4/c1-18-5-9-22(10-6-18)32-27-13-20(3)42-35(27)28-15-25-24-16-31-26(17-30(24)44-36(25)33(28)32)37-39(45-31)34-40(46-37)38-29(14-21(4)43-38)41(34)23-11-7-19(2)8-12-23/h5-14,16-17,32H,15H2,1-4H3. The molecule has 3 aromatic carbocycles. The molecule has 0 aliphatic heterocycles. The average molecular weight is 666 g/mol. The Hall–Kier alpha value is -3.94. The maximum Gasteiger partial charge on any atom is 0.135 e. The van der Waals surface area contributed by atoms with Gasteiger partial charge in [-0.1, -0.05) is 47.5 Å². The van der Waals surface area contributed by atoms with Crippen molar-refractivity contribution in [2.45, 2.75) is 40.0 Å².